The molecule has 3 nitrogen and oxygen atoms in total. The Kier molecular flexibility index (Phi) is 3.74. The summed E-state index contributed by atoms with van der Waals surface area (Å²) in [4.78, 5) is 0. The van der Waals surface area contributed by atoms with Gasteiger partial charge in [0.25, 0.3) is 0 Å². The molecule has 1 aromatic carbocycles. The van der Waals surface area contributed by atoms with E-state index in [0.717, 1.165) is 30.4 Å². The first-order valence-electron chi connectivity index (χ1n) is 6.30. The van der Waals surface area contributed by atoms with Crippen molar-refractivity contribution in [1.82, 2.24) is 0 Å². The molecule has 0 saturated heterocycles. The molecule has 1 aromatic rings. The van der Waals surface area contributed by atoms with Crippen LogP contribution in [0.4, 0.5) is 0 Å². The van der Waals surface area contributed by atoms with Crippen LogP contribution in [0.15, 0.2) is 6.07 Å². The average Bonchev–Trinajstić information content (AvgIpc) is 2.34. The number of nitrogens with two attached hydrogens (primary N) is 1. The van der Waals surface area contributed by atoms with Crippen LogP contribution in [0.2, 0.25) is 5.02 Å². The zero-order valence-corrected chi connectivity index (χ0v) is 11.9. The summed E-state index contributed by atoms with van der Waals surface area (Å²) in [5, 5.41) is 0.631. The van der Waals surface area contributed by atoms with Crippen molar-refractivity contribution in [2.24, 2.45) is 5.73 Å². The minimum atomic E-state index is -0.242. The van der Waals surface area contributed by atoms with Gasteiger partial charge in [-0.2, -0.15) is 0 Å². The molecule has 1 fully saturated rings. The smallest absolute Gasteiger partial charge is 0.179 e. The summed E-state index contributed by atoms with van der Waals surface area (Å²) >= 11 is 6.42. The maximum absolute atomic E-state index is 6.43. The third-order valence-electron chi connectivity index (χ3n) is 3.85. The van der Waals surface area contributed by atoms with Crippen LogP contribution >= 0.6 is 11.6 Å². The summed E-state index contributed by atoms with van der Waals surface area (Å²) in [6.07, 6.45) is 4.02. The van der Waals surface area contributed by atoms with E-state index in [-0.39, 0.29) is 5.54 Å². The second-order valence-electron chi connectivity index (χ2n) is 4.82. The number of ether oxygens (including phenoxy) is 2. The Bertz CT molecular complexity index is 456. The Morgan fingerprint density at radius 3 is 2.39 bits per heavy atom. The van der Waals surface area contributed by atoms with Gasteiger partial charge in [-0.3, -0.25) is 0 Å². The maximum atomic E-state index is 6.43. The third-order valence-corrected chi connectivity index (χ3v) is 4.25. The van der Waals surface area contributed by atoms with Gasteiger partial charge in [0, 0.05) is 5.54 Å². The largest absolute Gasteiger partial charge is 0.493 e. The minimum Gasteiger partial charge on any atom is -0.493 e. The molecule has 2 rings (SSSR count). The molecule has 4 heteroatoms. The first-order chi connectivity index (χ1) is 8.57. The molecule has 0 spiro atoms. The normalized spacial score (nSPS) is 17.2. The SMILES string of the molecule is CCc1c(C2(N)CCC2)cc(OC)c(OC)c1Cl. The van der Waals surface area contributed by atoms with Crippen molar-refractivity contribution in [3.8, 4) is 11.5 Å². The molecule has 0 unspecified atom stereocenters. The second-order valence-corrected chi connectivity index (χ2v) is 5.19. The molecular weight excluding hydrogens is 250 g/mol. The van der Waals surface area contributed by atoms with E-state index in [1.165, 1.54) is 6.42 Å². The van der Waals surface area contributed by atoms with Crippen LogP contribution in [-0.4, -0.2) is 14.2 Å². The number of hydrogen-bond donors (Lipinski definition) is 1. The van der Waals surface area contributed by atoms with Gasteiger partial charge in [0.05, 0.1) is 19.2 Å². The molecule has 100 valence electrons. The van der Waals surface area contributed by atoms with Crippen LogP contribution in [0, 0.1) is 0 Å². The first kappa shape index (κ1) is 13.5. The number of hydrogen-bond acceptors (Lipinski definition) is 3. The van der Waals surface area contributed by atoms with Crippen LogP contribution in [0.5, 0.6) is 11.5 Å². The zero-order chi connectivity index (χ0) is 13.3. The lowest BCUT2D eigenvalue weighted by atomic mass is 9.71. The zero-order valence-electron chi connectivity index (χ0n) is 11.2. The topological polar surface area (TPSA) is 44.5 Å². The fourth-order valence-corrected chi connectivity index (χ4v) is 3.01. The van der Waals surface area contributed by atoms with Crippen molar-refractivity contribution < 1.29 is 9.47 Å². The molecule has 0 radical (unpaired) electrons. The number of rotatable bonds is 4. The summed E-state index contributed by atoms with van der Waals surface area (Å²) in [6, 6.07) is 1.99. The molecule has 0 aliphatic heterocycles. The molecule has 1 aliphatic rings. The summed E-state index contributed by atoms with van der Waals surface area (Å²) in [6.45, 7) is 2.08. The van der Waals surface area contributed by atoms with Crippen LogP contribution in [0.3, 0.4) is 0 Å². The molecule has 0 amide bonds. The standard InChI is InChI=1S/C14H20ClNO2/c1-4-9-10(14(16)6-5-7-14)8-11(17-2)13(18-3)12(9)15/h8H,4-7,16H2,1-3H3. The van der Waals surface area contributed by atoms with E-state index in [4.69, 9.17) is 26.8 Å². The van der Waals surface area contributed by atoms with E-state index in [1.807, 2.05) is 6.07 Å². The van der Waals surface area contributed by atoms with E-state index < -0.39 is 0 Å². The fraction of sp³-hybridized carbons (Fsp3) is 0.571. The van der Waals surface area contributed by atoms with Gasteiger partial charge in [0.1, 0.15) is 0 Å². The van der Waals surface area contributed by atoms with Gasteiger partial charge in [-0.1, -0.05) is 18.5 Å². The van der Waals surface area contributed by atoms with Crippen molar-refractivity contribution in [2.75, 3.05) is 14.2 Å². The summed E-state index contributed by atoms with van der Waals surface area (Å²) < 4.78 is 10.7. The summed E-state index contributed by atoms with van der Waals surface area (Å²) in [5.74, 6) is 1.26. The monoisotopic (exact) mass is 269 g/mol. The Morgan fingerprint density at radius 1 is 1.33 bits per heavy atom. The average molecular weight is 270 g/mol. The quantitative estimate of drug-likeness (QED) is 0.912. The highest BCUT2D eigenvalue weighted by atomic mass is 35.5. The van der Waals surface area contributed by atoms with Crippen LogP contribution in [0.1, 0.15) is 37.3 Å². The predicted octanol–water partition coefficient (Wildman–Crippen LogP) is 3.26. The fourth-order valence-electron chi connectivity index (χ4n) is 2.61. The number of benzene rings is 1. The van der Waals surface area contributed by atoms with Crippen molar-refractivity contribution >= 4 is 11.6 Å². The summed E-state index contributed by atoms with van der Waals surface area (Å²) in [7, 11) is 3.22. The van der Waals surface area contributed by atoms with Gasteiger partial charge in [0.15, 0.2) is 11.5 Å². The Hall–Kier alpha value is -0.930. The maximum Gasteiger partial charge on any atom is 0.179 e. The van der Waals surface area contributed by atoms with Gasteiger partial charge >= 0.3 is 0 Å². The van der Waals surface area contributed by atoms with Gasteiger partial charge in [-0.15, -0.1) is 0 Å². The Labute approximate surface area is 113 Å². The van der Waals surface area contributed by atoms with Crippen LogP contribution in [-0.2, 0) is 12.0 Å². The predicted molar refractivity (Wildman–Crippen MR) is 73.7 cm³/mol. The third kappa shape index (κ3) is 1.95. The molecule has 0 heterocycles. The number of halogens is 1. The molecular formula is C14H20ClNO2. The Morgan fingerprint density at radius 2 is 2.00 bits per heavy atom. The van der Waals surface area contributed by atoms with Crippen molar-refractivity contribution in [3.63, 3.8) is 0 Å². The minimum absolute atomic E-state index is 0.242. The molecule has 18 heavy (non-hydrogen) atoms. The van der Waals surface area contributed by atoms with Crippen LogP contribution < -0.4 is 15.2 Å². The Balaban J connectivity index is 2.62. The lowest BCUT2D eigenvalue weighted by molar-refractivity contribution is 0.250. The highest BCUT2D eigenvalue weighted by Crippen LogP contribution is 2.47. The van der Waals surface area contributed by atoms with Crippen molar-refractivity contribution in [1.29, 1.82) is 0 Å². The second kappa shape index (κ2) is 4.98. The van der Waals surface area contributed by atoms with E-state index in [2.05, 4.69) is 6.92 Å². The van der Waals surface area contributed by atoms with Gasteiger partial charge in [-0.05, 0) is 42.9 Å². The number of methoxy groups -OCH3 is 2. The first-order valence-corrected chi connectivity index (χ1v) is 6.68. The lowest BCUT2D eigenvalue weighted by Crippen LogP contribution is -2.44. The molecule has 1 aliphatic carbocycles. The van der Waals surface area contributed by atoms with E-state index in [1.54, 1.807) is 14.2 Å². The molecule has 1 saturated carbocycles. The van der Waals surface area contributed by atoms with Crippen molar-refractivity contribution in [2.45, 2.75) is 38.1 Å². The van der Waals surface area contributed by atoms with E-state index in [9.17, 15) is 0 Å². The van der Waals surface area contributed by atoms with Crippen LogP contribution in [0.25, 0.3) is 0 Å². The molecule has 0 aromatic heterocycles. The highest BCUT2D eigenvalue weighted by Gasteiger charge is 2.37. The van der Waals surface area contributed by atoms with E-state index >= 15 is 0 Å². The summed E-state index contributed by atoms with van der Waals surface area (Å²) in [5.41, 5.74) is 8.38. The molecule has 2 N–H and O–H groups in total. The highest BCUT2D eigenvalue weighted by molar-refractivity contribution is 6.33. The van der Waals surface area contributed by atoms with E-state index in [0.29, 0.717) is 16.5 Å². The molecule has 0 atom stereocenters. The lowest BCUT2D eigenvalue weighted by Gasteiger charge is -2.40. The molecule has 0 bridgehead atoms. The van der Waals surface area contributed by atoms with Gasteiger partial charge in [-0.25, -0.2) is 0 Å². The van der Waals surface area contributed by atoms with Crippen molar-refractivity contribution in [3.05, 3.63) is 22.2 Å². The van der Waals surface area contributed by atoms with Gasteiger partial charge in [0.2, 0.25) is 0 Å². The van der Waals surface area contributed by atoms with Gasteiger partial charge < -0.3 is 15.2 Å².